The van der Waals surface area contributed by atoms with Gasteiger partial charge in [-0.05, 0) is 50.9 Å². The molecule has 0 radical (unpaired) electrons. The average Bonchev–Trinajstić information content (AvgIpc) is 0.764. The van der Waals surface area contributed by atoms with Crippen LogP contribution < -0.4 is 0 Å². The standard InChI is InChI=1S/C75H139O24P/c1-5-8-11-14-17-19-21-23-25-27-28-30-32-38-43-48-59(77)91-52-56(94-61(79)50-45-40-33-31-29-26-24-22-20-18-15-12-9-6-2)53-93-100(89,90)99-73-71(97-74-69(87)64(82)62(80)57(51-76)95-74)67(85)66(84)68(86)72(73)98-75-70(88)65(83)63(81)58(96-75)54-92-60(78)49-44-39-35-34-37-42-47-55(4)46-41-36-16-13-10-7-3/h26,29,55-58,62-76,80-88H,5-25,27-28,30-54H2,1-4H3,(H,89,90)/b29-26-. The van der Waals surface area contributed by atoms with Crippen molar-refractivity contribution >= 4 is 25.7 Å². The van der Waals surface area contributed by atoms with E-state index in [-0.39, 0.29) is 19.3 Å². The number of carbonyl (C=O) groups excluding carboxylic acids is 3. The Morgan fingerprint density at radius 2 is 0.760 bits per heavy atom. The normalized spacial score (nSPS) is 27.7. The van der Waals surface area contributed by atoms with E-state index in [0.29, 0.717) is 31.6 Å². The Balaban J connectivity index is 1.72. The zero-order valence-electron chi connectivity index (χ0n) is 61.7. The zero-order valence-corrected chi connectivity index (χ0v) is 62.6. The van der Waals surface area contributed by atoms with E-state index in [0.717, 1.165) is 83.5 Å². The second-order valence-electron chi connectivity index (χ2n) is 28.7. The van der Waals surface area contributed by atoms with Crippen molar-refractivity contribution < 1.29 is 117 Å². The van der Waals surface area contributed by atoms with E-state index < -0.39 is 156 Å². The van der Waals surface area contributed by atoms with Crippen molar-refractivity contribution in [3.05, 3.63) is 12.2 Å². The van der Waals surface area contributed by atoms with Crippen molar-refractivity contribution in [3.63, 3.8) is 0 Å². The molecule has 0 amide bonds. The maximum atomic E-state index is 14.4. The van der Waals surface area contributed by atoms with E-state index in [1.807, 2.05) is 0 Å². The first-order chi connectivity index (χ1) is 48.2. The number of phosphoric acid groups is 1. The number of ether oxygens (including phenoxy) is 7. The molecule has 0 aromatic rings. The van der Waals surface area contributed by atoms with E-state index in [9.17, 15) is 74.9 Å². The van der Waals surface area contributed by atoms with Gasteiger partial charge in [0, 0.05) is 19.3 Å². The van der Waals surface area contributed by atoms with Crippen LogP contribution in [-0.4, -0.2) is 204 Å². The molecule has 3 fully saturated rings. The van der Waals surface area contributed by atoms with Gasteiger partial charge in [-0.15, -0.1) is 0 Å². The van der Waals surface area contributed by atoms with Crippen LogP contribution in [0.3, 0.4) is 0 Å². The number of carbonyl (C=O) groups is 3. The summed E-state index contributed by atoms with van der Waals surface area (Å²) in [5.41, 5.74) is 0. The summed E-state index contributed by atoms with van der Waals surface area (Å²) >= 11 is 0. The van der Waals surface area contributed by atoms with E-state index in [1.165, 1.54) is 154 Å². The van der Waals surface area contributed by atoms with Gasteiger partial charge < -0.3 is 89.1 Å². The molecule has 0 aromatic carbocycles. The predicted molar refractivity (Wildman–Crippen MR) is 379 cm³/mol. The summed E-state index contributed by atoms with van der Waals surface area (Å²) in [6.45, 7) is 5.77. The Hall–Kier alpha value is -2.30. The largest absolute Gasteiger partial charge is 0.472 e. The molecule has 0 spiro atoms. The fourth-order valence-corrected chi connectivity index (χ4v) is 14.1. The highest BCUT2D eigenvalue weighted by Crippen LogP contribution is 2.49. The van der Waals surface area contributed by atoms with E-state index in [1.54, 1.807) is 0 Å². The summed E-state index contributed by atoms with van der Waals surface area (Å²) in [4.78, 5) is 51.1. The molecule has 0 bridgehead atoms. The second-order valence-corrected chi connectivity index (χ2v) is 30.1. The average molecular weight is 1460 g/mol. The number of esters is 3. The van der Waals surface area contributed by atoms with Crippen molar-refractivity contribution in [2.45, 2.75) is 414 Å². The zero-order chi connectivity index (χ0) is 73.3. The maximum absolute atomic E-state index is 14.4. The molecule has 588 valence electrons. The fraction of sp³-hybridized carbons (Fsp3) is 0.933. The van der Waals surface area contributed by atoms with Crippen molar-refractivity contribution in [2.24, 2.45) is 5.92 Å². The Labute approximate surface area is 599 Å². The van der Waals surface area contributed by atoms with Gasteiger partial charge in [-0.25, -0.2) is 4.57 Å². The lowest BCUT2D eigenvalue weighted by molar-refractivity contribution is -0.360. The van der Waals surface area contributed by atoms with Crippen molar-refractivity contribution in [1.29, 1.82) is 0 Å². The van der Waals surface area contributed by atoms with Crippen molar-refractivity contribution in [3.8, 4) is 0 Å². The number of hydrogen-bond donors (Lipinski definition) is 11. The fourth-order valence-electron chi connectivity index (χ4n) is 13.2. The number of phosphoric ester groups is 1. The summed E-state index contributed by atoms with van der Waals surface area (Å²) in [5.74, 6) is -1.30. The van der Waals surface area contributed by atoms with Crippen molar-refractivity contribution in [2.75, 3.05) is 26.4 Å². The Kier molecular flexibility index (Phi) is 51.5. The smallest absolute Gasteiger partial charge is 0.463 e. The van der Waals surface area contributed by atoms with Crippen LogP contribution in [0.25, 0.3) is 0 Å². The molecule has 19 unspecified atom stereocenters. The molecule has 3 rings (SSSR count). The Morgan fingerprint density at radius 1 is 0.410 bits per heavy atom. The molecule has 100 heavy (non-hydrogen) atoms. The molecular weight excluding hydrogens is 1320 g/mol. The van der Waals surface area contributed by atoms with Crippen LogP contribution in [0.2, 0.25) is 0 Å². The molecule has 2 saturated heterocycles. The summed E-state index contributed by atoms with van der Waals surface area (Å²) in [5, 5.41) is 110. The van der Waals surface area contributed by atoms with Crippen LogP contribution in [0.1, 0.15) is 310 Å². The van der Waals surface area contributed by atoms with Crippen LogP contribution in [0.15, 0.2) is 12.2 Å². The van der Waals surface area contributed by atoms with Crippen LogP contribution in [-0.2, 0) is 61.2 Å². The molecule has 1 saturated carbocycles. The minimum absolute atomic E-state index is 0.0292. The van der Waals surface area contributed by atoms with Gasteiger partial charge in [0.1, 0.15) is 98.7 Å². The topological polar surface area (TPSA) is 374 Å². The van der Waals surface area contributed by atoms with E-state index in [2.05, 4.69) is 39.8 Å². The van der Waals surface area contributed by atoms with Gasteiger partial charge in [0.25, 0.3) is 0 Å². The van der Waals surface area contributed by atoms with Gasteiger partial charge in [-0.1, -0.05) is 258 Å². The highest BCUT2D eigenvalue weighted by atomic mass is 31.2. The second kappa shape index (κ2) is 56.1. The molecular formula is C75H139O24P. The predicted octanol–water partition coefficient (Wildman–Crippen LogP) is 11.4. The summed E-state index contributed by atoms with van der Waals surface area (Å²) < 4.78 is 65.1. The molecule has 25 heteroatoms. The summed E-state index contributed by atoms with van der Waals surface area (Å²) in [7, 11) is -5.70. The van der Waals surface area contributed by atoms with Gasteiger partial charge in [-0.3, -0.25) is 23.4 Å². The first-order valence-corrected chi connectivity index (χ1v) is 40.9. The summed E-state index contributed by atoms with van der Waals surface area (Å²) in [6, 6.07) is 0. The number of aliphatic hydroxyl groups is 10. The molecule has 2 heterocycles. The minimum Gasteiger partial charge on any atom is -0.463 e. The minimum atomic E-state index is -5.70. The molecule has 2 aliphatic heterocycles. The third kappa shape index (κ3) is 38.8. The molecule has 0 aromatic heterocycles. The number of rotatable bonds is 61. The van der Waals surface area contributed by atoms with Gasteiger partial charge in [-0.2, -0.15) is 0 Å². The lowest BCUT2D eigenvalue weighted by Crippen LogP contribution is -2.69. The molecule has 11 N–H and O–H groups in total. The molecule has 3 aliphatic rings. The SMILES string of the molecule is CCCCCCCCC/C=C\CCCCCC(=O)OC(COC(=O)CCCCCCCCCCCCCCCCC)COP(=O)(O)OC1C(OC2OC(CO)C(O)C(O)C2O)C(O)C(O)C(O)C1OC1OC(COC(=O)CCCCCCCCC(C)CCCCCCCC)C(O)C(O)C1O. The Morgan fingerprint density at radius 3 is 1.19 bits per heavy atom. The summed E-state index contributed by atoms with van der Waals surface area (Å²) in [6.07, 6.45) is 14.1. The van der Waals surface area contributed by atoms with Crippen LogP contribution in [0.4, 0.5) is 0 Å². The number of allylic oxidation sites excluding steroid dienone is 2. The molecule has 19 atom stereocenters. The maximum Gasteiger partial charge on any atom is 0.472 e. The molecule has 1 aliphatic carbocycles. The lowest BCUT2D eigenvalue weighted by Gasteiger charge is -2.49. The first kappa shape index (κ1) is 91.9. The quantitative estimate of drug-likeness (QED) is 0.00886. The number of hydrogen-bond acceptors (Lipinski definition) is 23. The van der Waals surface area contributed by atoms with Crippen LogP contribution in [0, 0.1) is 5.92 Å². The number of unbranched alkanes of at least 4 members (excludes halogenated alkanes) is 34. The van der Waals surface area contributed by atoms with E-state index in [4.69, 9.17) is 42.2 Å². The van der Waals surface area contributed by atoms with Gasteiger partial charge >= 0.3 is 25.7 Å². The third-order valence-electron chi connectivity index (χ3n) is 19.7. The lowest BCUT2D eigenvalue weighted by atomic mass is 9.84. The van der Waals surface area contributed by atoms with E-state index >= 15 is 0 Å². The van der Waals surface area contributed by atoms with Gasteiger partial charge in [0.05, 0.1) is 13.2 Å². The van der Waals surface area contributed by atoms with Crippen LogP contribution >= 0.6 is 7.82 Å². The number of aliphatic hydroxyl groups excluding tert-OH is 10. The molecule has 24 nitrogen and oxygen atoms in total. The van der Waals surface area contributed by atoms with Gasteiger partial charge in [0.15, 0.2) is 18.7 Å². The van der Waals surface area contributed by atoms with Crippen LogP contribution in [0.5, 0.6) is 0 Å². The highest BCUT2D eigenvalue weighted by molar-refractivity contribution is 7.47. The van der Waals surface area contributed by atoms with Gasteiger partial charge in [0.2, 0.25) is 0 Å². The first-order valence-electron chi connectivity index (χ1n) is 39.4. The monoisotopic (exact) mass is 1450 g/mol. The third-order valence-corrected chi connectivity index (χ3v) is 20.7. The Bertz CT molecular complexity index is 2130. The highest BCUT2D eigenvalue weighted by Gasteiger charge is 2.58. The van der Waals surface area contributed by atoms with Crippen molar-refractivity contribution in [1.82, 2.24) is 0 Å².